The molecular weight excluding hydrogens is 337 g/mol. The molecule has 1 atom stereocenters. The van der Waals surface area contributed by atoms with E-state index in [1.807, 2.05) is 0 Å². The van der Waals surface area contributed by atoms with Gasteiger partial charge in [-0.15, -0.1) is 12.4 Å². The number of nitrogens with two attached hydrogens (primary N) is 1. The standard InChI is InChI=1S/C12H8ClF4NS.ClH/c13-8-2-1-7(12(15,16)17)9(10(8)14)11(18)6-3-4-19-5-6;/h1-5,11H,18H2;1H/t11-;/m1./s1. The van der Waals surface area contributed by atoms with Gasteiger partial charge in [0.1, 0.15) is 5.82 Å². The zero-order valence-electron chi connectivity index (χ0n) is 9.75. The lowest BCUT2D eigenvalue weighted by Gasteiger charge is -2.19. The third kappa shape index (κ3) is 3.25. The summed E-state index contributed by atoms with van der Waals surface area (Å²) in [7, 11) is 0. The van der Waals surface area contributed by atoms with E-state index >= 15 is 0 Å². The minimum absolute atomic E-state index is 0. The fraction of sp³-hybridized carbons (Fsp3) is 0.167. The zero-order chi connectivity index (χ0) is 14.2. The molecule has 0 amide bonds. The van der Waals surface area contributed by atoms with Crippen molar-refractivity contribution >= 4 is 35.3 Å². The summed E-state index contributed by atoms with van der Waals surface area (Å²) in [5.41, 5.74) is 4.42. The van der Waals surface area contributed by atoms with Gasteiger partial charge < -0.3 is 5.73 Å². The van der Waals surface area contributed by atoms with Crippen molar-refractivity contribution in [3.05, 3.63) is 56.5 Å². The molecule has 1 aromatic carbocycles. The van der Waals surface area contributed by atoms with Gasteiger partial charge in [-0.05, 0) is 34.5 Å². The number of hydrogen-bond acceptors (Lipinski definition) is 2. The van der Waals surface area contributed by atoms with Crippen LogP contribution >= 0.6 is 35.3 Å². The van der Waals surface area contributed by atoms with Gasteiger partial charge in [0.15, 0.2) is 0 Å². The van der Waals surface area contributed by atoms with Crippen molar-refractivity contribution in [2.24, 2.45) is 5.73 Å². The SMILES string of the molecule is Cl.N[C@H](c1ccsc1)c1c(C(F)(F)F)ccc(Cl)c1F. The van der Waals surface area contributed by atoms with Crippen molar-refractivity contribution in [3.8, 4) is 0 Å². The smallest absolute Gasteiger partial charge is 0.320 e. The number of rotatable bonds is 2. The quantitative estimate of drug-likeness (QED) is 0.759. The molecule has 2 aromatic rings. The van der Waals surface area contributed by atoms with Gasteiger partial charge in [-0.2, -0.15) is 24.5 Å². The highest BCUT2D eigenvalue weighted by Crippen LogP contribution is 2.39. The van der Waals surface area contributed by atoms with Crippen molar-refractivity contribution in [1.82, 2.24) is 0 Å². The molecule has 2 N–H and O–H groups in total. The van der Waals surface area contributed by atoms with E-state index in [1.165, 1.54) is 11.3 Å². The average Bonchev–Trinajstić information content (AvgIpc) is 2.83. The molecule has 0 saturated carbocycles. The second kappa shape index (κ2) is 6.30. The van der Waals surface area contributed by atoms with Crippen LogP contribution < -0.4 is 5.73 Å². The lowest BCUT2D eigenvalue weighted by Crippen LogP contribution is -2.20. The molecule has 110 valence electrons. The minimum Gasteiger partial charge on any atom is -0.320 e. The first kappa shape index (κ1) is 17.2. The predicted octanol–water partition coefficient (Wildman–Crippen LogP) is 5.03. The van der Waals surface area contributed by atoms with Crippen LogP contribution in [0.25, 0.3) is 0 Å². The second-order valence-electron chi connectivity index (χ2n) is 3.85. The van der Waals surface area contributed by atoms with Gasteiger partial charge in [0, 0.05) is 5.56 Å². The highest BCUT2D eigenvalue weighted by Gasteiger charge is 2.37. The molecule has 0 unspecified atom stereocenters. The fourth-order valence-electron chi connectivity index (χ4n) is 1.74. The van der Waals surface area contributed by atoms with E-state index in [-0.39, 0.29) is 17.4 Å². The molecule has 1 heterocycles. The van der Waals surface area contributed by atoms with Crippen molar-refractivity contribution in [1.29, 1.82) is 0 Å². The fourth-order valence-corrected chi connectivity index (χ4v) is 2.60. The first-order valence-electron chi connectivity index (χ1n) is 5.15. The normalized spacial score (nSPS) is 12.9. The number of hydrogen-bond donors (Lipinski definition) is 1. The van der Waals surface area contributed by atoms with Crippen LogP contribution in [0.15, 0.2) is 29.0 Å². The Hall–Kier alpha value is -0.820. The highest BCUT2D eigenvalue weighted by atomic mass is 35.5. The summed E-state index contributed by atoms with van der Waals surface area (Å²) in [5.74, 6) is -1.13. The molecule has 0 aliphatic carbocycles. The molecule has 0 saturated heterocycles. The summed E-state index contributed by atoms with van der Waals surface area (Å²) in [6, 6.07) is 1.97. The van der Waals surface area contributed by atoms with Gasteiger partial charge >= 0.3 is 6.18 Å². The van der Waals surface area contributed by atoms with Crippen molar-refractivity contribution in [3.63, 3.8) is 0 Å². The number of benzene rings is 1. The monoisotopic (exact) mass is 345 g/mol. The molecule has 2 rings (SSSR count). The van der Waals surface area contributed by atoms with Crippen LogP contribution in [0, 0.1) is 5.82 Å². The largest absolute Gasteiger partial charge is 0.416 e. The topological polar surface area (TPSA) is 26.0 Å². The van der Waals surface area contributed by atoms with Crippen molar-refractivity contribution in [2.75, 3.05) is 0 Å². The number of thiophene rings is 1. The first-order valence-corrected chi connectivity index (χ1v) is 6.47. The van der Waals surface area contributed by atoms with Gasteiger partial charge in [0.05, 0.1) is 16.6 Å². The summed E-state index contributed by atoms with van der Waals surface area (Å²) >= 11 is 6.82. The minimum atomic E-state index is -4.69. The lowest BCUT2D eigenvalue weighted by molar-refractivity contribution is -0.138. The molecule has 0 spiro atoms. The zero-order valence-corrected chi connectivity index (χ0v) is 12.1. The molecule has 0 bridgehead atoms. The first-order chi connectivity index (χ1) is 8.82. The second-order valence-corrected chi connectivity index (χ2v) is 5.04. The van der Waals surface area contributed by atoms with Gasteiger partial charge in [0.2, 0.25) is 0 Å². The van der Waals surface area contributed by atoms with E-state index in [0.29, 0.717) is 5.56 Å². The average molecular weight is 346 g/mol. The Morgan fingerprint density at radius 1 is 1.20 bits per heavy atom. The maximum atomic E-state index is 13.9. The van der Waals surface area contributed by atoms with E-state index in [9.17, 15) is 17.6 Å². The Balaban J connectivity index is 0.00000200. The van der Waals surface area contributed by atoms with Crippen molar-refractivity contribution in [2.45, 2.75) is 12.2 Å². The van der Waals surface area contributed by atoms with E-state index < -0.39 is 29.2 Å². The van der Waals surface area contributed by atoms with E-state index in [1.54, 1.807) is 16.8 Å². The maximum absolute atomic E-state index is 13.9. The maximum Gasteiger partial charge on any atom is 0.416 e. The van der Waals surface area contributed by atoms with Crippen LogP contribution in [0.4, 0.5) is 17.6 Å². The summed E-state index contributed by atoms with van der Waals surface area (Å²) in [6.45, 7) is 0. The third-order valence-corrected chi connectivity index (χ3v) is 3.64. The molecule has 0 aliphatic heterocycles. The third-order valence-electron chi connectivity index (χ3n) is 2.65. The van der Waals surface area contributed by atoms with Crippen LogP contribution in [0.2, 0.25) is 5.02 Å². The molecule has 0 fully saturated rings. The van der Waals surface area contributed by atoms with E-state index in [4.69, 9.17) is 17.3 Å². The Labute approximate surface area is 127 Å². The van der Waals surface area contributed by atoms with E-state index in [2.05, 4.69) is 0 Å². The number of alkyl halides is 3. The molecule has 1 aromatic heterocycles. The highest BCUT2D eigenvalue weighted by molar-refractivity contribution is 7.08. The van der Waals surface area contributed by atoms with Crippen LogP contribution in [-0.2, 0) is 6.18 Å². The summed E-state index contributed by atoms with van der Waals surface area (Å²) < 4.78 is 52.6. The molecule has 0 radical (unpaired) electrons. The van der Waals surface area contributed by atoms with Crippen molar-refractivity contribution < 1.29 is 17.6 Å². The van der Waals surface area contributed by atoms with Crippen LogP contribution in [0.3, 0.4) is 0 Å². The molecular formula is C12H9Cl2F4NS. The Morgan fingerprint density at radius 2 is 1.85 bits per heavy atom. The van der Waals surface area contributed by atoms with Crippen LogP contribution in [0.1, 0.15) is 22.7 Å². The molecule has 1 nitrogen and oxygen atoms in total. The summed E-state index contributed by atoms with van der Waals surface area (Å²) in [6.07, 6.45) is -4.69. The van der Waals surface area contributed by atoms with Gasteiger partial charge in [0.25, 0.3) is 0 Å². The Bertz CT molecular complexity index is 584. The van der Waals surface area contributed by atoms with E-state index in [0.717, 1.165) is 12.1 Å². The summed E-state index contributed by atoms with van der Waals surface area (Å²) in [5, 5.41) is 2.85. The summed E-state index contributed by atoms with van der Waals surface area (Å²) in [4.78, 5) is 0. The lowest BCUT2D eigenvalue weighted by atomic mass is 9.96. The Morgan fingerprint density at radius 3 is 2.35 bits per heavy atom. The van der Waals surface area contributed by atoms with Gasteiger partial charge in [-0.3, -0.25) is 0 Å². The molecule has 0 aliphatic rings. The van der Waals surface area contributed by atoms with Crippen LogP contribution in [0.5, 0.6) is 0 Å². The Kier molecular flexibility index (Phi) is 5.43. The van der Waals surface area contributed by atoms with Gasteiger partial charge in [-0.25, -0.2) is 4.39 Å². The molecule has 8 heteroatoms. The van der Waals surface area contributed by atoms with Gasteiger partial charge in [-0.1, -0.05) is 11.6 Å². The predicted molar refractivity (Wildman–Crippen MR) is 74.0 cm³/mol. The van der Waals surface area contributed by atoms with Crippen LogP contribution in [-0.4, -0.2) is 0 Å². The number of halogens is 6. The molecule has 20 heavy (non-hydrogen) atoms.